The van der Waals surface area contributed by atoms with Crippen molar-refractivity contribution in [2.45, 2.75) is 11.3 Å². The molecule has 0 saturated carbocycles. The molecule has 0 radical (unpaired) electrons. The summed E-state index contributed by atoms with van der Waals surface area (Å²) in [6.45, 7) is 0. The van der Waals surface area contributed by atoms with E-state index in [2.05, 4.69) is 20.2 Å². The van der Waals surface area contributed by atoms with Crippen LogP contribution in [0.3, 0.4) is 0 Å². The van der Waals surface area contributed by atoms with Crippen LogP contribution in [0.15, 0.2) is 60.1 Å². The lowest BCUT2D eigenvalue weighted by Crippen LogP contribution is -2.28. The molecule has 6 nitrogen and oxygen atoms in total. The highest BCUT2D eigenvalue weighted by molar-refractivity contribution is 7.99. The maximum absolute atomic E-state index is 13.0. The molecule has 26 heavy (non-hydrogen) atoms. The fraction of sp³-hybridized carbons (Fsp3) is 0.125. The van der Waals surface area contributed by atoms with Crippen LogP contribution in [-0.2, 0) is 11.0 Å². The summed E-state index contributed by atoms with van der Waals surface area (Å²) in [5.74, 6) is -0.262. The number of nitrogens with one attached hydrogen (secondary N) is 1. The zero-order chi connectivity index (χ0) is 18.6. The van der Waals surface area contributed by atoms with Gasteiger partial charge in [0, 0.05) is 6.20 Å². The standard InChI is InChI=1S/C16H12F3N5OS/c17-16(18,19)11-4-3-5-12(8-11)24(13-6-1-2-7-20-13)14(25)9-26-15-21-10-22-23-15/h1-8,10H,9H2,(H,21,22,23). The minimum absolute atomic E-state index is 0.0536. The van der Waals surface area contributed by atoms with Gasteiger partial charge in [-0.05, 0) is 30.3 Å². The van der Waals surface area contributed by atoms with Gasteiger partial charge >= 0.3 is 6.18 Å². The predicted molar refractivity (Wildman–Crippen MR) is 89.9 cm³/mol. The van der Waals surface area contributed by atoms with Crippen molar-refractivity contribution < 1.29 is 18.0 Å². The number of aromatic nitrogens is 4. The van der Waals surface area contributed by atoms with Gasteiger partial charge in [0.15, 0.2) is 5.16 Å². The van der Waals surface area contributed by atoms with Gasteiger partial charge in [-0.15, -0.1) is 10.2 Å². The molecule has 0 fully saturated rings. The summed E-state index contributed by atoms with van der Waals surface area (Å²) in [4.78, 5) is 20.7. The second-order valence-electron chi connectivity index (χ2n) is 5.05. The lowest BCUT2D eigenvalue weighted by molar-refractivity contribution is -0.137. The molecule has 0 aliphatic heterocycles. The molecule has 0 aliphatic rings. The number of hydrogen-bond acceptors (Lipinski definition) is 5. The highest BCUT2D eigenvalue weighted by Gasteiger charge is 2.31. The number of alkyl halides is 3. The quantitative estimate of drug-likeness (QED) is 0.685. The highest BCUT2D eigenvalue weighted by Crippen LogP contribution is 2.33. The van der Waals surface area contributed by atoms with Crippen molar-refractivity contribution in [3.8, 4) is 0 Å². The van der Waals surface area contributed by atoms with Crippen molar-refractivity contribution in [3.05, 3.63) is 60.6 Å². The lowest BCUT2D eigenvalue weighted by Gasteiger charge is -2.22. The van der Waals surface area contributed by atoms with Crippen molar-refractivity contribution in [1.29, 1.82) is 0 Å². The van der Waals surface area contributed by atoms with E-state index in [9.17, 15) is 18.0 Å². The molecule has 0 atom stereocenters. The Morgan fingerprint density at radius 2 is 2.04 bits per heavy atom. The fourth-order valence-electron chi connectivity index (χ4n) is 2.17. The zero-order valence-corrected chi connectivity index (χ0v) is 14.0. The third-order valence-electron chi connectivity index (χ3n) is 3.29. The number of thioether (sulfide) groups is 1. The number of nitrogens with zero attached hydrogens (tertiary/aromatic N) is 4. The number of rotatable bonds is 5. The van der Waals surface area contributed by atoms with Gasteiger partial charge in [0.25, 0.3) is 0 Å². The van der Waals surface area contributed by atoms with Crippen molar-refractivity contribution >= 4 is 29.2 Å². The normalized spacial score (nSPS) is 11.3. The first-order valence-corrected chi connectivity index (χ1v) is 8.34. The monoisotopic (exact) mass is 379 g/mol. The largest absolute Gasteiger partial charge is 0.416 e. The van der Waals surface area contributed by atoms with Crippen LogP contribution in [0.4, 0.5) is 24.7 Å². The molecule has 1 amide bonds. The zero-order valence-electron chi connectivity index (χ0n) is 13.1. The van der Waals surface area contributed by atoms with Crippen molar-refractivity contribution in [2.24, 2.45) is 0 Å². The minimum atomic E-state index is -4.51. The van der Waals surface area contributed by atoms with Gasteiger partial charge in [0.1, 0.15) is 12.1 Å². The number of anilines is 2. The summed E-state index contributed by atoms with van der Waals surface area (Å²) in [6, 6.07) is 9.42. The molecule has 0 aliphatic carbocycles. The number of halogens is 3. The number of pyridine rings is 1. The molecule has 2 aromatic heterocycles. The van der Waals surface area contributed by atoms with Crippen LogP contribution in [0.25, 0.3) is 0 Å². The van der Waals surface area contributed by atoms with E-state index in [1.54, 1.807) is 18.2 Å². The molecular weight excluding hydrogens is 367 g/mol. The Bertz CT molecular complexity index is 871. The summed E-state index contributed by atoms with van der Waals surface area (Å²) < 4.78 is 39.1. The van der Waals surface area contributed by atoms with E-state index in [4.69, 9.17) is 0 Å². The van der Waals surface area contributed by atoms with E-state index in [1.165, 1.54) is 24.7 Å². The van der Waals surface area contributed by atoms with Crippen LogP contribution in [-0.4, -0.2) is 31.8 Å². The van der Waals surface area contributed by atoms with Gasteiger partial charge in [0.05, 0.1) is 17.0 Å². The van der Waals surface area contributed by atoms with E-state index >= 15 is 0 Å². The predicted octanol–water partition coefficient (Wildman–Crippen LogP) is 3.68. The Kier molecular flexibility index (Phi) is 5.21. The van der Waals surface area contributed by atoms with Gasteiger partial charge in [0.2, 0.25) is 5.91 Å². The summed E-state index contributed by atoms with van der Waals surface area (Å²) in [6.07, 6.45) is -1.67. The van der Waals surface area contributed by atoms with E-state index in [-0.39, 0.29) is 17.3 Å². The second kappa shape index (κ2) is 7.56. The van der Waals surface area contributed by atoms with Crippen LogP contribution < -0.4 is 4.90 Å². The number of benzene rings is 1. The van der Waals surface area contributed by atoms with Gasteiger partial charge in [-0.25, -0.2) is 4.98 Å². The number of H-pyrrole nitrogens is 1. The first kappa shape index (κ1) is 17.9. The van der Waals surface area contributed by atoms with E-state index < -0.39 is 17.6 Å². The van der Waals surface area contributed by atoms with Crippen LogP contribution in [0.1, 0.15) is 5.56 Å². The molecule has 0 bridgehead atoms. The van der Waals surface area contributed by atoms with Crippen LogP contribution in [0, 0.1) is 0 Å². The molecule has 10 heteroatoms. The molecule has 1 aromatic carbocycles. The molecule has 3 aromatic rings. The Morgan fingerprint density at radius 3 is 2.69 bits per heavy atom. The number of aromatic amines is 1. The Morgan fingerprint density at radius 1 is 1.19 bits per heavy atom. The fourth-order valence-corrected chi connectivity index (χ4v) is 2.80. The minimum Gasteiger partial charge on any atom is -0.323 e. The van der Waals surface area contributed by atoms with Crippen LogP contribution >= 0.6 is 11.8 Å². The maximum atomic E-state index is 13.0. The molecule has 0 saturated heterocycles. The topological polar surface area (TPSA) is 74.8 Å². The lowest BCUT2D eigenvalue weighted by atomic mass is 10.1. The van der Waals surface area contributed by atoms with Gasteiger partial charge < -0.3 is 4.98 Å². The van der Waals surface area contributed by atoms with Gasteiger partial charge in [-0.2, -0.15) is 13.2 Å². The molecule has 0 unspecified atom stereocenters. The maximum Gasteiger partial charge on any atom is 0.416 e. The Hall–Kier alpha value is -2.88. The average molecular weight is 379 g/mol. The first-order valence-electron chi connectivity index (χ1n) is 7.35. The smallest absolute Gasteiger partial charge is 0.323 e. The van der Waals surface area contributed by atoms with Gasteiger partial charge in [-0.1, -0.05) is 23.9 Å². The molecule has 2 heterocycles. The van der Waals surface area contributed by atoms with Crippen LogP contribution in [0.2, 0.25) is 0 Å². The second-order valence-corrected chi connectivity index (χ2v) is 6.01. The molecule has 3 rings (SSSR count). The number of carbonyl (C=O) groups is 1. The summed E-state index contributed by atoms with van der Waals surface area (Å²) in [5, 5.41) is 7.81. The first-order chi connectivity index (χ1) is 12.4. The number of carbonyl (C=O) groups excluding carboxylic acids is 1. The third-order valence-corrected chi connectivity index (χ3v) is 4.15. The van der Waals surface area contributed by atoms with E-state index in [0.29, 0.717) is 5.16 Å². The van der Waals surface area contributed by atoms with Crippen molar-refractivity contribution in [1.82, 2.24) is 20.2 Å². The number of amides is 1. The highest BCUT2D eigenvalue weighted by atomic mass is 32.2. The molecule has 134 valence electrons. The SMILES string of the molecule is O=C(CSc1nnc[nH]1)N(c1cccc(C(F)(F)F)c1)c1ccccn1. The van der Waals surface area contributed by atoms with Crippen molar-refractivity contribution in [3.63, 3.8) is 0 Å². The van der Waals surface area contributed by atoms with E-state index in [0.717, 1.165) is 28.8 Å². The average Bonchev–Trinajstić information content (AvgIpc) is 3.14. The Labute approximate surface area is 150 Å². The molecule has 0 spiro atoms. The summed E-state index contributed by atoms with van der Waals surface area (Å²) in [7, 11) is 0. The van der Waals surface area contributed by atoms with Gasteiger partial charge in [-0.3, -0.25) is 9.69 Å². The summed E-state index contributed by atoms with van der Waals surface area (Å²) >= 11 is 1.09. The third kappa shape index (κ3) is 4.20. The van der Waals surface area contributed by atoms with Crippen LogP contribution in [0.5, 0.6) is 0 Å². The van der Waals surface area contributed by atoms with E-state index in [1.807, 2.05) is 0 Å². The Balaban J connectivity index is 1.92. The molecule has 1 N–H and O–H groups in total. The summed E-state index contributed by atoms with van der Waals surface area (Å²) in [5.41, 5.74) is -0.756. The molecular formula is C16H12F3N5OS. The van der Waals surface area contributed by atoms with Crippen molar-refractivity contribution in [2.75, 3.05) is 10.7 Å². The number of hydrogen-bond donors (Lipinski definition) is 1.